The van der Waals surface area contributed by atoms with Crippen LogP contribution in [0.4, 0.5) is 5.95 Å². The summed E-state index contributed by atoms with van der Waals surface area (Å²) in [6.07, 6.45) is 3.85. The number of piperidine rings is 1. The second-order valence-corrected chi connectivity index (χ2v) is 9.79. The van der Waals surface area contributed by atoms with Gasteiger partial charge in [0, 0.05) is 23.1 Å². The van der Waals surface area contributed by atoms with Crippen molar-refractivity contribution in [3.63, 3.8) is 0 Å². The van der Waals surface area contributed by atoms with Crippen molar-refractivity contribution in [2.45, 2.75) is 32.4 Å². The van der Waals surface area contributed by atoms with E-state index in [2.05, 4.69) is 36.8 Å². The van der Waals surface area contributed by atoms with Crippen LogP contribution < -0.4 is 10.1 Å². The third-order valence-corrected chi connectivity index (χ3v) is 6.93. The number of benzene rings is 3. The second kappa shape index (κ2) is 11.1. The van der Waals surface area contributed by atoms with E-state index in [9.17, 15) is 4.79 Å². The van der Waals surface area contributed by atoms with Crippen LogP contribution in [0.2, 0.25) is 0 Å². The lowest BCUT2D eigenvalue weighted by molar-refractivity contribution is 0.102. The summed E-state index contributed by atoms with van der Waals surface area (Å²) in [6.45, 7) is 4.48. The molecule has 1 saturated heterocycles. The number of hydrogen-bond donors (Lipinski definition) is 1. The Labute approximate surface area is 214 Å². The van der Waals surface area contributed by atoms with Gasteiger partial charge in [0.1, 0.15) is 12.4 Å². The number of likely N-dealkylation sites (tertiary alicyclic amines) is 1. The molecule has 0 radical (unpaired) electrons. The summed E-state index contributed by atoms with van der Waals surface area (Å²) in [4.78, 5) is 20.3. The predicted octanol–water partition coefficient (Wildman–Crippen LogP) is 6.12. The van der Waals surface area contributed by atoms with Crippen molar-refractivity contribution in [3.05, 3.63) is 88.4 Å². The summed E-state index contributed by atoms with van der Waals surface area (Å²) < 4.78 is 8.97. The molecule has 35 heavy (non-hydrogen) atoms. The topological polar surface area (TPSA) is 59.4 Å². The minimum atomic E-state index is -0.167. The Hall–Kier alpha value is -3.16. The third-order valence-electron chi connectivity index (χ3n) is 6.40. The summed E-state index contributed by atoms with van der Waals surface area (Å²) in [6, 6.07) is 23.3. The number of imidazole rings is 1. The minimum absolute atomic E-state index is 0.167. The molecule has 0 bridgehead atoms. The number of amides is 1. The maximum absolute atomic E-state index is 13.1. The first kappa shape index (κ1) is 23.6. The molecule has 1 amide bonds. The molecule has 0 unspecified atom stereocenters. The SMILES string of the molecule is O=C(Nc1nc2ccccc2n1CCN1CCCCC1)c1ccc(COc2ccc(Br)cc2)cc1. The van der Waals surface area contributed by atoms with Crippen molar-refractivity contribution in [1.29, 1.82) is 0 Å². The minimum Gasteiger partial charge on any atom is -0.489 e. The number of aromatic nitrogens is 2. The van der Waals surface area contributed by atoms with E-state index in [0.717, 1.165) is 53.0 Å². The molecule has 1 fully saturated rings. The first-order valence-electron chi connectivity index (χ1n) is 12.1. The number of halogens is 1. The van der Waals surface area contributed by atoms with Crippen molar-refractivity contribution in [2.75, 3.05) is 25.0 Å². The monoisotopic (exact) mass is 532 g/mol. The Morgan fingerprint density at radius 3 is 2.43 bits per heavy atom. The molecule has 7 heteroatoms. The van der Waals surface area contributed by atoms with Gasteiger partial charge < -0.3 is 14.2 Å². The smallest absolute Gasteiger partial charge is 0.257 e. The van der Waals surface area contributed by atoms with Gasteiger partial charge in [-0.05, 0) is 80.0 Å². The van der Waals surface area contributed by atoms with E-state index in [-0.39, 0.29) is 5.91 Å². The number of anilines is 1. The first-order chi connectivity index (χ1) is 17.2. The Morgan fingerprint density at radius 1 is 0.914 bits per heavy atom. The molecule has 1 N–H and O–H groups in total. The highest BCUT2D eigenvalue weighted by Crippen LogP contribution is 2.21. The zero-order valence-corrected chi connectivity index (χ0v) is 21.2. The fourth-order valence-electron chi connectivity index (χ4n) is 4.45. The Kier molecular flexibility index (Phi) is 7.45. The van der Waals surface area contributed by atoms with Gasteiger partial charge in [-0.1, -0.05) is 46.6 Å². The summed E-state index contributed by atoms with van der Waals surface area (Å²) in [5.74, 6) is 1.23. The number of para-hydroxylation sites is 2. The zero-order valence-electron chi connectivity index (χ0n) is 19.6. The number of fused-ring (bicyclic) bond motifs is 1. The van der Waals surface area contributed by atoms with E-state index < -0.39 is 0 Å². The number of nitrogens with one attached hydrogen (secondary N) is 1. The maximum atomic E-state index is 13.1. The quantitative estimate of drug-likeness (QED) is 0.297. The molecular weight excluding hydrogens is 504 g/mol. The van der Waals surface area contributed by atoms with E-state index in [1.165, 1.54) is 19.3 Å². The van der Waals surface area contributed by atoms with Crippen molar-refractivity contribution >= 4 is 38.8 Å². The second-order valence-electron chi connectivity index (χ2n) is 8.87. The number of nitrogens with zero attached hydrogens (tertiary/aromatic N) is 3. The largest absolute Gasteiger partial charge is 0.489 e. The van der Waals surface area contributed by atoms with E-state index in [1.807, 2.05) is 66.7 Å². The van der Waals surface area contributed by atoms with Gasteiger partial charge in [-0.25, -0.2) is 4.98 Å². The number of ether oxygens (including phenoxy) is 1. The van der Waals surface area contributed by atoms with Gasteiger partial charge in [-0.3, -0.25) is 10.1 Å². The molecule has 5 rings (SSSR count). The highest BCUT2D eigenvalue weighted by Gasteiger charge is 2.16. The molecule has 3 aromatic carbocycles. The lowest BCUT2D eigenvalue weighted by Gasteiger charge is -2.26. The highest BCUT2D eigenvalue weighted by molar-refractivity contribution is 9.10. The first-order valence-corrected chi connectivity index (χ1v) is 12.9. The Balaban J connectivity index is 1.26. The van der Waals surface area contributed by atoms with Crippen LogP contribution in [-0.2, 0) is 13.2 Å². The van der Waals surface area contributed by atoms with Crippen LogP contribution in [0.3, 0.4) is 0 Å². The summed E-state index contributed by atoms with van der Waals surface area (Å²) in [5.41, 5.74) is 3.52. The van der Waals surface area contributed by atoms with Gasteiger partial charge in [-0.2, -0.15) is 0 Å². The zero-order chi connectivity index (χ0) is 24.0. The van der Waals surface area contributed by atoms with Gasteiger partial charge in [0.05, 0.1) is 11.0 Å². The van der Waals surface area contributed by atoms with Crippen LogP contribution in [-0.4, -0.2) is 40.0 Å². The molecule has 1 aliphatic rings. The molecule has 2 heterocycles. The number of carbonyl (C=O) groups is 1. The molecule has 6 nitrogen and oxygen atoms in total. The van der Waals surface area contributed by atoms with Crippen LogP contribution in [0.1, 0.15) is 35.2 Å². The summed E-state index contributed by atoms with van der Waals surface area (Å²) >= 11 is 3.43. The molecule has 4 aromatic rings. The van der Waals surface area contributed by atoms with E-state index in [1.54, 1.807) is 0 Å². The number of rotatable bonds is 8. The van der Waals surface area contributed by atoms with Crippen LogP contribution >= 0.6 is 15.9 Å². The highest BCUT2D eigenvalue weighted by atomic mass is 79.9. The van der Waals surface area contributed by atoms with Crippen LogP contribution in [0, 0.1) is 0 Å². The van der Waals surface area contributed by atoms with Gasteiger partial charge >= 0.3 is 0 Å². The number of carbonyl (C=O) groups excluding carboxylic acids is 1. The fourth-order valence-corrected chi connectivity index (χ4v) is 4.71. The lowest BCUT2D eigenvalue weighted by Crippen LogP contribution is -2.32. The van der Waals surface area contributed by atoms with E-state index in [4.69, 9.17) is 9.72 Å². The van der Waals surface area contributed by atoms with E-state index in [0.29, 0.717) is 18.1 Å². The van der Waals surface area contributed by atoms with Crippen molar-refractivity contribution in [2.24, 2.45) is 0 Å². The standard InChI is InChI=1S/C28H29BrN4O2/c29-23-12-14-24(15-13-23)35-20-21-8-10-22(11-9-21)27(34)31-28-30-25-6-2-3-7-26(25)33(28)19-18-32-16-4-1-5-17-32/h2-3,6-15H,1,4-5,16-20H2,(H,30,31,34). The number of hydrogen-bond acceptors (Lipinski definition) is 4. The Bertz CT molecular complexity index is 1280. The molecule has 0 spiro atoms. The van der Waals surface area contributed by atoms with Gasteiger partial charge in [0.15, 0.2) is 0 Å². The molecular formula is C28H29BrN4O2. The molecule has 0 atom stereocenters. The lowest BCUT2D eigenvalue weighted by atomic mass is 10.1. The van der Waals surface area contributed by atoms with Crippen molar-refractivity contribution < 1.29 is 9.53 Å². The molecule has 1 aliphatic heterocycles. The summed E-state index contributed by atoms with van der Waals surface area (Å²) in [7, 11) is 0. The van der Waals surface area contributed by atoms with Gasteiger partial charge in [0.2, 0.25) is 5.95 Å². The van der Waals surface area contributed by atoms with Crippen molar-refractivity contribution in [1.82, 2.24) is 14.5 Å². The predicted molar refractivity (Wildman–Crippen MR) is 143 cm³/mol. The van der Waals surface area contributed by atoms with Gasteiger partial charge in [0.25, 0.3) is 5.91 Å². The van der Waals surface area contributed by atoms with Crippen LogP contribution in [0.25, 0.3) is 11.0 Å². The molecule has 180 valence electrons. The maximum Gasteiger partial charge on any atom is 0.257 e. The Morgan fingerprint density at radius 2 is 1.66 bits per heavy atom. The third kappa shape index (κ3) is 5.92. The normalized spacial score (nSPS) is 14.2. The molecule has 0 saturated carbocycles. The van der Waals surface area contributed by atoms with Crippen molar-refractivity contribution in [3.8, 4) is 5.75 Å². The van der Waals surface area contributed by atoms with Gasteiger partial charge in [-0.15, -0.1) is 0 Å². The van der Waals surface area contributed by atoms with Crippen LogP contribution in [0.5, 0.6) is 5.75 Å². The summed E-state index contributed by atoms with van der Waals surface area (Å²) in [5, 5.41) is 3.05. The fraction of sp³-hybridized carbons (Fsp3) is 0.286. The average molecular weight is 533 g/mol. The molecule has 0 aliphatic carbocycles. The average Bonchev–Trinajstić information content (AvgIpc) is 3.24. The van der Waals surface area contributed by atoms with E-state index >= 15 is 0 Å². The van der Waals surface area contributed by atoms with Crippen LogP contribution in [0.15, 0.2) is 77.3 Å². The molecule has 1 aromatic heterocycles.